The summed E-state index contributed by atoms with van der Waals surface area (Å²) in [4.78, 5) is 32.2. The fraction of sp³-hybridized carbons (Fsp3) is 0.0870. The van der Waals surface area contributed by atoms with E-state index in [0.717, 1.165) is 11.6 Å². The average Bonchev–Trinajstić information content (AvgIpc) is 2.84. The van der Waals surface area contributed by atoms with Crippen molar-refractivity contribution in [2.75, 3.05) is 0 Å². The predicted octanol–water partition coefficient (Wildman–Crippen LogP) is 3.21. The van der Waals surface area contributed by atoms with E-state index in [9.17, 15) is 28.4 Å². The Morgan fingerprint density at radius 1 is 1.17 bits per heavy atom. The largest absolute Gasteiger partial charge is 0.382 e. The second-order valence-corrected chi connectivity index (χ2v) is 9.83. The molecule has 36 heavy (non-hydrogen) atoms. The zero-order valence-corrected chi connectivity index (χ0v) is 20.1. The number of aromatic amines is 1. The first-order chi connectivity index (χ1) is 17.0. The molecule has 3 N–H and O–H groups in total. The van der Waals surface area contributed by atoms with Gasteiger partial charge in [0.1, 0.15) is 11.8 Å². The first-order valence-electron chi connectivity index (χ1n) is 10.3. The van der Waals surface area contributed by atoms with Crippen molar-refractivity contribution < 1.29 is 18.4 Å². The van der Waals surface area contributed by atoms with E-state index in [1.807, 2.05) is 4.83 Å². The van der Waals surface area contributed by atoms with Gasteiger partial charge in [0.2, 0.25) is 0 Å². The number of nitro benzene ring substituents is 1. The number of benzene rings is 3. The van der Waals surface area contributed by atoms with Crippen molar-refractivity contribution in [2.45, 2.75) is 17.9 Å². The van der Waals surface area contributed by atoms with Crippen LogP contribution in [0, 0.1) is 17.0 Å². The SMILES string of the molecule is Cc1ccc(S(=O)(=O)N/N=C(/c2nc3ccc(Cl)cc3[nH]c2=O)[C@H](O)c2cccc([N+](=O)[O-])c2)cc1. The number of H-pyrrole nitrogens is 1. The van der Waals surface area contributed by atoms with Gasteiger partial charge in [-0.25, -0.2) is 4.98 Å². The molecule has 1 atom stereocenters. The average molecular weight is 528 g/mol. The van der Waals surface area contributed by atoms with Crippen LogP contribution in [0.25, 0.3) is 11.0 Å². The van der Waals surface area contributed by atoms with Gasteiger partial charge in [-0.2, -0.15) is 18.4 Å². The topological polar surface area (TPSA) is 168 Å². The van der Waals surface area contributed by atoms with Gasteiger partial charge in [0.05, 0.1) is 20.9 Å². The number of aliphatic hydroxyl groups excluding tert-OH is 1. The van der Waals surface area contributed by atoms with Crippen LogP contribution in [0.3, 0.4) is 0 Å². The Morgan fingerprint density at radius 2 is 1.89 bits per heavy atom. The predicted molar refractivity (Wildman–Crippen MR) is 133 cm³/mol. The molecule has 0 spiro atoms. The van der Waals surface area contributed by atoms with Crippen LogP contribution in [0.5, 0.6) is 0 Å². The molecule has 1 aromatic heterocycles. The molecule has 11 nitrogen and oxygen atoms in total. The van der Waals surface area contributed by atoms with E-state index in [0.29, 0.717) is 10.5 Å². The Morgan fingerprint density at radius 3 is 2.58 bits per heavy atom. The fourth-order valence-corrected chi connectivity index (χ4v) is 4.31. The van der Waals surface area contributed by atoms with Crippen LogP contribution in [0.2, 0.25) is 5.02 Å². The second kappa shape index (κ2) is 9.85. The lowest BCUT2D eigenvalue weighted by Gasteiger charge is -2.14. The number of rotatable bonds is 7. The monoisotopic (exact) mass is 527 g/mol. The highest BCUT2D eigenvalue weighted by Crippen LogP contribution is 2.23. The number of hydrazone groups is 1. The van der Waals surface area contributed by atoms with Gasteiger partial charge in [-0.1, -0.05) is 41.4 Å². The van der Waals surface area contributed by atoms with Crippen molar-refractivity contribution in [1.82, 2.24) is 14.8 Å². The van der Waals surface area contributed by atoms with Gasteiger partial charge in [-0.3, -0.25) is 14.9 Å². The second-order valence-electron chi connectivity index (χ2n) is 7.74. The Hall–Kier alpha value is -4.13. The van der Waals surface area contributed by atoms with E-state index in [1.54, 1.807) is 19.1 Å². The number of halogens is 1. The van der Waals surface area contributed by atoms with Gasteiger partial charge in [-0.05, 0) is 42.8 Å². The number of non-ortho nitro benzene ring substituents is 1. The zero-order chi connectivity index (χ0) is 26.0. The van der Waals surface area contributed by atoms with Crippen molar-refractivity contribution >= 4 is 44.1 Å². The maximum absolute atomic E-state index is 12.9. The minimum absolute atomic E-state index is 0.00473. The third-order valence-corrected chi connectivity index (χ3v) is 6.63. The number of sulfonamides is 1. The van der Waals surface area contributed by atoms with Crippen LogP contribution in [0.1, 0.15) is 22.9 Å². The lowest BCUT2D eigenvalue weighted by Crippen LogP contribution is -2.29. The van der Waals surface area contributed by atoms with Crippen LogP contribution in [-0.4, -0.2) is 34.1 Å². The van der Waals surface area contributed by atoms with Crippen molar-refractivity contribution in [3.63, 3.8) is 0 Å². The fourth-order valence-electron chi connectivity index (χ4n) is 3.32. The molecule has 0 aliphatic carbocycles. The third-order valence-electron chi connectivity index (χ3n) is 5.17. The number of aryl methyl sites for hydroxylation is 1. The van der Waals surface area contributed by atoms with Crippen LogP contribution < -0.4 is 10.4 Å². The molecule has 0 amide bonds. The highest BCUT2D eigenvalue weighted by atomic mass is 35.5. The minimum Gasteiger partial charge on any atom is -0.382 e. The summed E-state index contributed by atoms with van der Waals surface area (Å²) in [5, 5.41) is 26.5. The summed E-state index contributed by atoms with van der Waals surface area (Å²) in [6.07, 6.45) is -1.75. The van der Waals surface area contributed by atoms with E-state index < -0.39 is 38.0 Å². The first kappa shape index (κ1) is 25.0. The number of aliphatic hydroxyl groups is 1. The van der Waals surface area contributed by atoms with Crippen molar-refractivity contribution in [1.29, 1.82) is 0 Å². The number of nitro groups is 1. The van der Waals surface area contributed by atoms with Gasteiger partial charge < -0.3 is 10.1 Å². The van der Waals surface area contributed by atoms with Gasteiger partial charge in [-0.15, -0.1) is 0 Å². The third kappa shape index (κ3) is 5.25. The standard InChI is InChI=1S/C23H18ClN5O6S/c1-13-5-8-17(9-6-13)36(34,35)28-27-20(22(30)14-3-2-4-16(11-14)29(32)33)21-23(31)26-19-12-15(24)7-10-18(19)25-21/h2-12,22,28,30H,1H3,(H,26,31)/b27-20-/t22-/m1/s1. The molecular formula is C23H18ClN5O6S. The molecule has 0 radical (unpaired) electrons. The van der Waals surface area contributed by atoms with Crippen LogP contribution >= 0.6 is 11.6 Å². The summed E-state index contributed by atoms with van der Waals surface area (Å²) in [6.45, 7) is 1.79. The summed E-state index contributed by atoms with van der Waals surface area (Å²) < 4.78 is 25.6. The van der Waals surface area contributed by atoms with Crippen LogP contribution in [0.4, 0.5) is 5.69 Å². The van der Waals surface area contributed by atoms with E-state index in [1.165, 1.54) is 48.5 Å². The molecule has 0 saturated heterocycles. The van der Waals surface area contributed by atoms with Crippen LogP contribution in [0.15, 0.2) is 81.5 Å². The molecule has 4 aromatic rings. The highest BCUT2D eigenvalue weighted by Gasteiger charge is 2.25. The molecule has 184 valence electrons. The molecule has 4 rings (SSSR count). The van der Waals surface area contributed by atoms with E-state index in [2.05, 4.69) is 15.1 Å². The normalized spacial score (nSPS) is 12.9. The van der Waals surface area contributed by atoms with Gasteiger partial charge >= 0.3 is 0 Å². The quantitative estimate of drug-likeness (QED) is 0.188. The zero-order valence-electron chi connectivity index (χ0n) is 18.5. The molecule has 0 aliphatic heterocycles. The van der Waals surface area contributed by atoms with Crippen molar-refractivity contribution in [2.24, 2.45) is 5.10 Å². The Labute approximate surface area is 209 Å². The molecule has 13 heteroatoms. The van der Waals surface area contributed by atoms with Gasteiger partial charge in [0.25, 0.3) is 21.3 Å². The van der Waals surface area contributed by atoms with E-state index >= 15 is 0 Å². The summed E-state index contributed by atoms with van der Waals surface area (Å²) >= 11 is 5.97. The Kier molecular flexibility index (Phi) is 6.84. The molecule has 0 unspecified atom stereocenters. The lowest BCUT2D eigenvalue weighted by molar-refractivity contribution is -0.385. The molecule has 0 bridgehead atoms. The van der Waals surface area contributed by atoms with E-state index in [-0.39, 0.29) is 21.7 Å². The smallest absolute Gasteiger partial charge is 0.276 e. The molecular weight excluding hydrogens is 510 g/mol. The van der Waals surface area contributed by atoms with E-state index in [4.69, 9.17) is 11.6 Å². The Balaban J connectivity index is 1.85. The Bertz CT molecular complexity index is 1670. The molecule has 1 heterocycles. The van der Waals surface area contributed by atoms with Gasteiger partial charge in [0.15, 0.2) is 5.69 Å². The summed E-state index contributed by atoms with van der Waals surface area (Å²) in [6, 6.07) is 15.5. The molecule has 0 aliphatic rings. The number of fused-ring (bicyclic) bond motifs is 1. The number of hydrogen-bond acceptors (Lipinski definition) is 8. The van der Waals surface area contributed by atoms with Crippen LogP contribution in [-0.2, 0) is 10.0 Å². The maximum Gasteiger partial charge on any atom is 0.276 e. The number of nitrogens with one attached hydrogen (secondary N) is 2. The van der Waals surface area contributed by atoms with Crippen molar-refractivity contribution in [3.05, 3.63) is 109 Å². The first-order valence-corrected chi connectivity index (χ1v) is 12.2. The molecule has 3 aromatic carbocycles. The maximum atomic E-state index is 12.9. The number of hydrogen-bond donors (Lipinski definition) is 3. The molecule has 0 fully saturated rings. The number of nitrogens with zero attached hydrogens (tertiary/aromatic N) is 3. The van der Waals surface area contributed by atoms with Crippen molar-refractivity contribution in [3.8, 4) is 0 Å². The summed E-state index contributed by atoms with van der Waals surface area (Å²) in [5.41, 5.74) is -0.542. The highest BCUT2D eigenvalue weighted by molar-refractivity contribution is 7.89. The molecule has 0 saturated carbocycles. The minimum atomic E-state index is -4.19. The lowest BCUT2D eigenvalue weighted by atomic mass is 10.0. The summed E-state index contributed by atoms with van der Waals surface area (Å²) in [5.74, 6) is 0. The van der Waals surface area contributed by atoms with Gasteiger partial charge in [0, 0.05) is 17.2 Å². The summed E-state index contributed by atoms with van der Waals surface area (Å²) in [7, 11) is -4.19. The number of aromatic nitrogens is 2.